The van der Waals surface area contributed by atoms with Crippen LogP contribution in [0.5, 0.6) is 0 Å². The zero-order chi connectivity index (χ0) is 15.3. The largest absolute Gasteiger partial charge is 0.315 e. The van der Waals surface area contributed by atoms with E-state index in [-0.39, 0.29) is 17.4 Å². The molecule has 0 aliphatic carbocycles. The number of likely N-dealkylation sites (N-methyl/N-ethyl adjacent to an activating group) is 2. The first kappa shape index (κ1) is 17.4. The van der Waals surface area contributed by atoms with Crippen LogP contribution in [0.3, 0.4) is 0 Å². The average molecular weight is 301 g/mol. The molecule has 0 heterocycles. The molecule has 0 fully saturated rings. The number of nitrogens with zero attached hydrogens (tertiary/aromatic N) is 1. The molecule has 0 saturated heterocycles. The molecule has 0 radical (unpaired) electrons. The second kappa shape index (κ2) is 7.39. The lowest BCUT2D eigenvalue weighted by atomic mass is 9.87. The third-order valence-electron chi connectivity index (χ3n) is 4.25. The molecular formula is C16H26ClFN2. The Hall–Kier alpha value is -0.640. The van der Waals surface area contributed by atoms with E-state index in [9.17, 15) is 4.39 Å². The van der Waals surface area contributed by atoms with E-state index in [1.54, 1.807) is 12.1 Å². The second-order valence-electron chi connectivity index (χ2n) is 5.57. The van der Waals surface area contributed by atoms with E-state index in [0.29, 0.717) is 17.0 Å². The standard InChI is InChI=1S/C16H26ClFN2/c1-6-20(7-2)16(3,4)15(19-5)11-12-13(17)9-8-10-14(12)18/h8-10,15,19H,6-7,11H2,1-5H3. The van der Waals surface area contributed by atoms with E-state index in [0.717, 1.165) is 13.1 Å². The Balaban J connectivity index is 3.02. The van der Waals surface area contributed by atoms with Gasteiger partial charge in [0, 0.05) is 22.2 Å². The van der Waals surface area contributed by atoms with Gasteiger partial charge in [-0.25, -0.2) is 4.39 Å². The zero-order valence-corrected chi connectivity index (χ0v) is 13.9. The van der Waals surface area contributed by atoms with Gasteiger partial charge in [0.2, 0.25) is 0 Å². The molecule has 1 unspecified atom stereocenters. The number of hydrogen-bond donors (Lipinski definition) is 1. The normalized spacial score (nSPS) is 13.8. The van der Waals surface area contributed by atoms with Gasteiger partial charge in [0.25, 0.3) is 0 Å². The fraction of sp³-hybridized carbons (Fsp3) is 0.625. The van der Waals surface area contributed by atoms with Crippen molar-refractivity contribution in [2.45, 2.75) is 45.7 Å². The van der Waals surface area contributed by atoms with Gasteiger partial charge in [-0.05, 0) is 52.5 Å². The van der Waals surface area contributed by atoms with Crippen molar-refractivity contribution in [3.63, 3.8) is 0 Å². The fourth-order valence-electron chi connectivity index (χ4n) is 2.90. The monoisotopic (exact) mass is 300 g/mol. The first-order chi connectivity index (χ1) is 9.38. The molecule has 2 nitrogen and oxygen atoms in total. The van der Waals surface area contributed by atoms with Gasteiger partial charge < -0.3 is 5.32 Å². The molecule has 0 aliphatic heterocycles. The topological polar surface area (TPSA) is 15.3 Å². The maximum Gasteiger partial charge on any atom is 0.127 e. The summed E-state index contributed by atoms with van der Waals surface area (Å²) in [5.74, 6) is -0.229. The summed E-state index contributed by atoms with van der Waals surface area (Å²) in [4.78, 5) is 2.38. The number of rotatable bonds is 7. The molecule has 1 aromatic rings. The highest BCUT2D eigenvalue weighted by atomic mass is 35.5. The molecule has 1 atom stereocenters. The quantitative estimate of drug-likeness (QED) is 0.825. The summed E-state index contributed by atoms with van der Waals surface area (Å²) in [7, 11) is 1.92. The molecule has 0 spiro atoms. The van der Waals surface area contributed by atoms with Gasteiger partial charge in [-0.2, -0.15) is 0 Å². The summed E-state index contributed by atoms with van der Waals surface area (Å²) in [5.41, 5.74) is 0.512. The fourth-order valence-corrected chi connectivity index (χ4v) is 3.14. The van der Waals surface area contributed by atoms with E-state index in [1.807, 2.05) is 7.05 Å². The first-order valence-corrected chi connectivity index (χ1v) is 7.61. The lowest BCUT2D eigenvalue weighted by Gasteiger charge is -2.43. The predicted molar refractivity (Wildman–Crippen MR) is 85.0 cm³/mol. The molecular weight excluding hydrogens is 275 g/mol. The Labute approximate surface area is 127 Å². The van der Waals surface area contributed by atoms with Crippen molar-refractivity contribution < 1.29 is 4.39 Å². The minimum absolute atomic E-state index is 0.0795. The molecule has 4 heteroatoms. The number of nitrogens with one attached hydrogen (secondary N) is 1. The highest BCUT2D eigenvalue weighted by Gasteiger charge is 2.33. The minimum atomic E-state index is -0.229. The van der Waals surface area contributed by atoms with Gasteiger partial charge in [-0.1, -0.05) is 31.5 Å². The summed E-state index contributed by atoms with van der Waals surface area (Å²) >= 11 is 6.15. The molecule has 20 heavy (non-hydrogen) atoms. The van der Waals surface area contributed by atoms with Crippen LogP contribution < -0.4 is 5.32 Å². The number of benzene rings is 1. The lowest BCUT2D eigenvalue weighted by molar-refractivity contribution is 0.0940. The second-order valence-corrected chi connectivity index (χ2v) is 5.98. The van der Waals surface area contributed by atoms with Crippen LogP contribution in [0.15, 0.2) is 18.2 Å². The van der Waals surface area contributed by atoms with Gasteiger partial charge >= 0.3 is 0 Å². The smallest absolute Gasteiger partial charge is 0.127 e. The third kappa shape index (κ3) is 3.72. The number of hydrogen-bond acceptors (Lipinski definition) is 2. The minimum Gasteiger partial charge on any atom is -0.315 e. The van der Waals surface area contributed by atoms with E-state index in [4.69, 9.17) is 11.6 Å². The average Bonchev–Trinajstić information content (AvgIpc) is 2.39. The Kier molecular flexibility index (Phi) is 6.44. The molecule has 0 aliphatic rings. The van der Waals surface area contributed by atoms with E-state index >= 15 is 0 Å². The van der Waals surface area contributed by atoms with Crippen molar-refractivity contribution in [3.8, 4) is 0 Å². The molecule has 0 saturated carbocycles. The Morgan fingerprint density at radius 1 is 1.30 bits per heavy atom. The van der Waals surface area contributed by atoms with Crippen LogP contribution in [-0.4, -0.2) is 36.6 Å². The summed E-state index contributed by atoms with van der Waals surface area (Å²) in [6, 6.07) is 4.98. The summed E-state index contributed by atoms with van der Waals surface area (Å²) in [6.07, 6.45) is 0.575. The summed E-state index contributed by atoms with van der Waals surface area (Å²) < 4.78 is 14.0. The summed E-state index contributed by atoms with van der Waals surface area (Å²) in [5, 5.41) is 3.83. The maximum absolute atomic E-state index is 14.0. The van der Waals surface area contributed by atoms with Crippen molar-refractivity contribution in [2.24, 2.45) is 0 Å². The van der Waals surface area contributed by atoms with Crippen molar-refractivity contribution in [3.05, 3.63) is 34.6 Å². The molecule has 1 aromatic carbocycles. The molecule has 1 N–H and O–H groups in total. The van der Waals surface area contributed by atoms with Gasteiger partial charge in [0.05, 0.1) is 0 Å². The van der Waals surface area contributed by atoms with Gasteiger partial charge in [0.15, 0.2) is 0 Å². The van der Waals surface area contributed by atoms with E-state index in [2.05, 4.69) is 37.9 Å². The van der Waals surface area contributed by atoms with Crippen molar-refractivity contribution >= 4 is 11.6 Å². The van der Waals surface area contributed by atoms with E-state index < -0.39 is 0 Å². The predicted octanol–water partition coefficient (Wildman–Crippen LogP) is 3.73. The molecule has 1 rings (SSSR count). The third-order valence-corrected chi connectivity index (χ3v) is 4.60. The lowest BCUT2D eigenvalue weighted by Crippen LogP contribution is -2.57. The van der Waals surface area contributed by atoms with Crippen molar-refractivity contribution in [2.75, 3.05) is 20.1 Å². The molecule has 0 bridgehead atoms. The van der Waals surface area contributed by atoms with Crippen LogP contribution in [0, 0.1) is 5.82 Å². The van der Waals surface area contributed by atoms with Crippen LogP contribution >= 0.6 is 11.6 Å². The number of halogens is 2. The molecule has 0 aromatic heterocycles. The van der Waals surface area contributed by atoms with E-state index in [1.165, 1.54) is 6.07 Å². The highest BCUT2D eigenvalue weighted by molar-refractivity contribution is 6.31. The van der Waals surface area contributed by atoms with Gasteiger partial charge in [0.1, 0.15) is 5.82 Å². The maximum atomic E-state index is 14.0. The molecule has 0 amide bonds. The summed E-state index contributed by atoms with van der Waals surface area (Å²) in [6.45, 7) is 10.6. The zero-order valence-electron chi connectivity index (χ0n) is 13.1. The van der Waals surface area contributed by atoms with Crippen LogP contribution in [0.4, 0.5) is 4.39 Å². The van der Waals surface area contributed by atoms with Crippen LogP contribution in [0.25, 0.3) is 0 Å². The van der Waals surface area contributed by atoms with Crippen LogP contribution in [-0.2, 0) is 6.42 Å². The van der Waals surface area contributed by atoms with Crippen LogP contribution in [0.2, 0.25) is 5.02 Å². The van der Waals surface area contributed by atoms with Crippen LogP contribution in [0.1, 0.15) is 33.3 Å². The molecule has 114 valence electrons. The first-order valence-electron chi connectivity index (χ1n) is 7.23. The van der Waals surface area contributed by atoms with Crippen molar-refractivity contribution in [1.29, 1.82) is 0 Å². The van der Waals surface area contributed by atoms with Gasteiger partial charge in [-0.15, -0.1) is 0 Å². The SMILES string of the molecule is CCN(CC)C(C)(C)C(Cc1c(F)cccc1Cl)NC. The Bertz CT molecular complexity index is 410. The Morgan fingerprint density at radius 3 is 2.35 bits per heavy atom. The van der Waals surface area contributed by atoms with Crippen molar-refractivity contribution in [1.82, 2.24) is 10.2 Å². The van der Waals surface area contributed by atoms with Gasteiger partial charge in [-0.3, -0.25) is 4.90 Å². The highest BCUT2D eigenvalue weighted by Crippen LogP contribution is 2.26. The Morgan fingerprint density at radius 2 is 1.90 bits per heavy atom.